The highest BCUT2D eigenvalue weighted by atomic mass is 35.5. The van der Waals surface area contributed by atoms with E-state index in [1.807, 2.05) is 37.4 Å². The molecule has 0 aromatic heterocycles. The van der Waals surface area contributed by atoms with E-state index in [2.05, 4.69) is 0 Å². The fraction of sp³-hybridized carbons (Fsp3) is 0.357. The molecule has 0 heterocycles. The summed E-state index contributed by atoms with van der Waals surface area (Å²) in [4.78, 5) is 13.5. The Morgan fingerprint density at radius 3 is 2.65 bits per heavy atom. The summed E-state index contributed by atoms with van der Waals surface area (Å²) in [6.45, 7) is 0.879. The van der Waals surface area contributed by atoms with Crippen molar-refractivity contribution in [2.24, 2.45) is 5.92 Å². The lowest BCUT2D eigenvalue weighted by Crippen LogP contribution is -2.26. The van der Waals surface area contributed by atoms with Crippen LogP contribution >= 0.6 is 11.6 Å². The maximum atomic E-state index is 11.8. The van der Waals surface area contributed by atoms with Gasteiger partial charge in [-0.3, -0.25) is 4.79 Å². The summed E-state index contributed by atoms with van der Waals surface area (Å²) in [5.74, 6) is 0.791. The van der Waals surface area contributed by atoms with E-state index >= 15 is 0 Å². The van der Waals surface area contributed by atoms with Gasteiger partial charge >= 0.3 is 0 Å². The second-order valence-corrected chi connectivity index (χ2v) is 4.98. The van der Waals surface area contributed by atoms with Crippen LogP contribution in [0.2, 0.25) is 5.02 Å². The molecule has 0 atom stereocenters. The van der Waals surface area contributed by atoms with Crippen LogP contribution in [0.5, 0.6) is 0 Å². The smallest absolute Gasteiger partial charge is 0.246 e. The molecule has 0 aliphatic heterocycles. The van der Waals surface area contributed by atoms with Crippen molar-refractivity contribution in [2.75, 3.05) is 13.6 Å². The third-order valence-electron chi connectivity index (χ3n) is 2.89. The van der Waals surface area contributed by atoms with Crippen LogP contribution in [0, 0.1) is 5.92 Å². The number of halogens is 1. The Hall–Kier alpha value is -1.28. The zero-order valence-electron chi connectivity index (χ0n) is 9.90. The van der Waals surface area contributed by atoms with Crippen LogP contribution in [-0.2, 0) is 4.79 Å². The van der Waals surface area contributed by atoms with Gasteiger partial charge in [-0.05, 0) is 42.5 Å². The highest BCUT2D eigenvalue weighted by molar-refractivity contribution is 6.30. The molecule has 0 saturated heterocycles. The van der Waals surface area contributed by atoms with E-state index in [0.29, 0.717) is 5.02 Å². The van der Waals surface area contributed by atoms with Crippen LogP contribution in [0.25, 0.3) is 6.08 Å². The van der Waals surface area contributed by atoms with Gasteiger partial charge in [0.1, 0.15) is 0 Å². The molecule has 1 aliphatic carbocycles. The normalized spacial score (nSPS) is 15.2. The maximum Gasteiger partial charge on any atom is 0.246 e. The molecule has 17 heavy (non-hydrogen) atoms. The number of carbonyl (C=O) groups excluding carboxylic acids is 1. The predicted octanol–water partition coefficient (Wildman–Crippen LogP) is 3.22. The molecule has 1 aromatic rings. The van der Waals surface area contributed by atoms with E-state index in [4.69, 9.17) is 11.6 Å². The van der Waals surface area contributed by atoms with Crippen LogP contribution in [0.4, 0.5) is 0 Å². The van der Waals surface area contributed by atoms with Gasteiger partial charge in [0.05, 0.1) is 0 Å². The molecule has 90 valence electrons. The van der Waals surface area contributed by atoms with E-state index < -0.39 is 0 Å². The minimum atomic E-state index is 0.0619. The average Bonchev–Trinajstić information content (AvgIpc) is 3.11. The number of hydrogen-bond acceptors (Lipinski definition) is 1. The first-order valence-corrected chi connectivity index (χ1v) is 6.21. The highest BCUT2D eigenvalue weighted by Gasteiger charge is 2.23. The largest absolute Gasteiger partial charge is 0.342 e. The second-order valence-electron chi connectivity index (χ2n) is 4.55. The van der Waals surface area contributed by atoms with Crippen molar-refractivity contribution >= 4 is 23.6 Å². The topological polar surface area (TPSA) is 20.3 Å². The summed E-state index contributed by atoms with van der Waals surface area (Å²) in [7, 11) is 1.85. The first-order chi connectivity index (χ1) is 8.15. The summed E-state index contributed by atoms with van der Waals surface area (Å²) in [6, 6.07) is 7.43. The Balaban J connectivity index is 1.90. The zero-order chi connectivity index (χ0) is 12.3. The number of likely N-dealkylation sites (N-methyl/N-ethyl adjacent to an activating group) is 1. The third-order valence-corrected chi connectivity index (χ3v) is 3.15. The van der Waals surface area contributed by atoms with Gasteiger partial charge in [0, 0.05) is 24.7 Å². The summed E-state index contributed by atoms with van der Waals surface area (Å²) >= 11 is 5.79. The van der Waals surface area contributed by atoms with Crippen LogP contribution in [-0.4, -0.2) is 24.4 Å². The summed E-state index contributed by atoms with van der Waals surface area (Å²) < 4.78 is 0. The molecule has 0 N–H and O–H groups in total. The van der Waals surface area contributed by atoms with Crippen molar-refractivity contribution in [1.82, 2.24) is 4.90 Å². The highest BCUT2D eigenvalue weighted by Crippen LogP contribution is 2.29. The molecule has 2 nitrogen and oxygen atoms in total. The first kappa shape index (κ1) is 12.2. The van der Waals surface area contributed by atoms with Crippen molar-refractivity contribution in [3.63, 3.8) is 0 Å². The van der Waals surface area contributed by atoms with E-state index in [-0.39, 0.29) is 5.91 Å². The third kappa shape index (κ3) is 3.90. The van der Waals surface area contributed by atoms with Gasteiger partial charge in [-0.2, -0.15) is 0 Å². The number of benzene rings is 1. The summed E-state index contributed by atoms with van der Waals surface area (Å²) in [5.41, 5.74) is 0.988. The molecule has 0 bridgehead atoms. The van der Waals surface area contributed by atoms with Crippen LogP contribution in [0.15, 0.2) is 30.3 Å². The number of hydrogen-bond donors (Lipinski definition) is 0. The van der Waals surface area contributed by atoms with Gasteiger partial charge in [0.25, 0.3) is 0 Å². The standard InChI is InChI=1S/C14H16ClNO/c1-16(10-12-2-3-12)14(17)9-6-11-4-7-13(15)8-5-11/h4-9,12H,2-3,10H2,1H3/b9-6+. The number of carbonyl (C=O) groups is 1. The average molecular weight is 250 g/mol. The molecule has 0 radical (unpaired) electrons. The maximum absolute atomic E-state index is 11.8. The lowest BCUT2D eigenvalue weighted by molar-refractivity contribution is -0.124. The summed E-state index contributed by atoms with van der Waals surface area (Å²) in [5, 5.41) is 0.708. The number of amides is 1. The minimum Gasteiger partial charge on any atom is -0.342 e. The van der Waals surface area contributed by atoms with Gasteiger partial charge in [0.2, 0.25) is 5.91 Å². The number of nitrogens with zero attached hydrogens (tertiary/aromatic N) is 1. The lowest BCUT2D eigenvalue weighted by Gasteiger charge is -2.13. The molecule has 1 saturated carbocycles. The quantitative estimate of drug-likeness (QED) is 0.751. The van der Waals surface area contributed by atoms with Gasteiger partial charge in [-0.1, -0.05) is 23.7 Å². The van der Waals surface area contributed by atoms with E-state index in [0.717, 1.165) is 18.0 Å². The van der Waals surface area contributed by atoms with Crippen molar-refractivity contribution in [3.05, 3.63) is 40.9 Å². The monoisotopic (exact) mass is 249 g/mol. The fourth-order valence-corrected chi connectivity index (χ4v) is 1.77. The molecule has 1 aromatic carbocycles. The molecular formula is C14H16ClNO. The molecule has 1 amide bonds. The zero-order valence-corrected chi connectivity index (χ0v) is 10.7. The summed E-state index contributed by atoms with van der Waals surface area (Å²) in [6.07, 6.45) is 5.96. The Bertz CT molecular complexity index is 420. The Kier molecular flexibility index (Phi) is 3.85. The fourth-order valence-electron chi connectivity index (χ4n) is 1.65. The Morgan fingerprint density at radius 2 is 2.06 bits per heavy atom. The van der Waals surface area contributed by atoms with Gasteiger partial charge < -0.3 is 4.90 Å². The van der Waals surface area contributed by atoms with Crippen molar-refractivity contribution in [2.45, 2.75) is 12.8 Å². The van der Waals surface area contributed by atoms with Crippen molar-refractivity contribution < 1.29 is 4.79 Å². The molecule has 3 heteroatoms. The Labute approximate surface area is 107 Å². The van der Waals surface area contributed by atoms with E-state index in [1.165, 1.54) is 12.8 Å². The molecular weight excluding hydrogens is 234 g/mol. The Morgan fingerprint density at radius 1 is 1.41 bits per heavy atom. The number of rotatable bonds is 4. The van der Waals surface area contributed by atoms with Crippen LogP contribution in [0.3, 0.4) is 0 Å². The van der Waals surface area contributed by atoms with E-state index in [1.54, 1.807) is 11.0 Å². The second kappa shape index (κ2) is 5.37. The van der Waals surface area contributed by atoms with Crippen LogP contribution in [0.1, 0.15) is 18.4 Å². The molecule has 2 rings (SSSR count). The lowest BCUT2D eigenvalue weighted by atomic mass is 10.2. The van der Waals surface area contributed by atoms with Crippen molar-refractivity contribution in [3.8, 4) is 0 Å². The first-order valence-electron chi connectivity index (χ1n) is 5.84. The molecule has 1 fully saturated rings. The SMILES string of the molecule is CN(CC1CC1)C(=O)/C=C/c1ccc(Cl)cc1. The van der Waals surface area contributed by atoms with Gasteiger partial charge in [-0.15, -0.1) is 0 Å². The molecule has 1 aliphatic rings. The van der Waals surface area contributed by atoms with Gasteiger partial charge in [-0.25, -0.2) is 0 Å². The van der Waals surface area contributed by atoms with Crippen molar-refractivity contribution in [1.29, 1.82) is 0 Å². The molecule has 0 spiro atoms. The van der Waals surface area contributed by atoms with E-state index in [9.17, 15) is 4.79 Å². The molecule has 0 unspecified atom stereocenters. The van der Waals surface area contributed by atoms with Crippen LogP contribution < -0.4 is 0 Å². The predicted molar refractivity (Wildman–Crippen MR) is 70.8 cm³/mol. The minimum absolute atomic E-state index is 0.0619. The van der Waals surface area contributed by atoms with Gasteiger partial charge in [0.15, 0.2) is 0 Å².